The van der Waals surface area contributed by atoms with Crippen LogP contribution in [0, 0.1) is 0 Å². The number of hydrogen-bond acceptors (Lipinski definition) is 1. The molecule has 0 N–H and O–H groups in total. The summed E-state index contributed by atoms with van der Waals surface area (Å²) in [7, 11) is 4.15. The molecule has 0 radical (unpaired) electrons. The lowest BCUT2D eigenvalue weighted by atomic mass is 10.2. The number of halogens is 1. The summed E-state index contributed by atoms with van der Waals surface area (Å²) < 4.78 is 0. The van der Waals surface area contributed by atoms with Crippen LogP contribution in [-0.4, -0.2) is 19.0 Å². The summed E-state index contributed by atoms with van der Waals surface area (Å²) >= 11 is 0. The van der Waals surface area contributed by atoms with Crippen LogP contribution in [0.1, 0.15) is 5.56 Å². The van der Waals surface area contributed by atoms with Crippen molar-refractivity contribution in [2.45, 2.75) is 6.54 Å². The second-order valence-electron chi connectivity index (χ2n) is 2.72. The maximum atomic E-state index is 2.16. The normalized spacial score (nSPS) is 9.36. The summed E-state index contributed by atoms with van der Waals surface area (Å²) in [6.45, 7) is 1.03. The van der Waals surface area contributed by atoms with E-state index in [0.717, 1.165) is 6.54 Å². The van der Waals surface area contributed by atoms with Gasteiger partial charge in [0.2, 0.25) is 0 Å². The van der Waals surface area contributed by atoms with Gasteiger partial charge in [-0.15, -0.1) is 0 Å². The van der Waals surface area contributed by atoms with Crippen molar-refractivity contribution in [1.82, 2.24) is 4.90 Å². The molecule has 1 rings (SSSR count). The number of hydrogen-bond donors (Lipinski definition) is 0. The van der Waals surface area contributed by atoms with E-state index in [1.165, 1.54) is 5.56 Å². The molecule has 0 spiro atoms. The first-order valence-electron chi connectivity index (χ1n) is 3.47. The van der Waals surface area contributed by atoms with E-state index in [1.54, 1.807) is 0 Å². The largest absolute Gasteiger partial charge is 0.305 e. The highest BCUT2D eigenvalue weighted by Gasteiger charge is 1.90. The van der Waals surface area contributed by atoms with Gasteiger partial charge in [0.1, 0.15) is 0 Å². The van der Waals surface area contributed by atoms with Gasteiger partial charge in [0, 0.05) is 6.54 Å². The Morgan fingerprint density at radius 1 is 1.09 bits per heavy atom. The van der Waals surface area contributed by atoms with E-state index in [1.807, 2.05) is 6.07 Å². The predicted octanol–water partition coefficient (Wildman–Crippen LogP) is 1.90. The van der Waals surface area contributed by atoms with Crippen molar-refractivity contribution >= 4 is 0 Å². The molecule has 0 heterocycles. The van der Waals surface area contributed by atoms with Gasteiger partial charge in [0.25, 0.3) is 0 Å². The first kappa shape index (κ1) is 10.1. The average molecular weight is 155 g/mol. The van der Waals surface area contributed by atoms with Gasteiger partial charge in [-0.25, -0.2) is 0 Å². The molecule has 0 unspecified atom stereocenters. The minimum Gasteiger partial charge on any atom is -0.305 e. The van der Waals surface area contributed by atoms with Gasteiger partial charge < -0.3 is 4.90 Å². The van der Waals surface area contributed by atoms with E-state index in [0.29, 0.717) is 0 Å². The van der Waals surface area contributed by atoms with Gasteiger partial charge >= 0.3 is 0 Å². The Bertz CT molecular complexity index is 184. The van der Waals surface area contributed by atoms with E-state index in [2.05, 4.69) is 43.3 Å². The molecule has 2 heteroatoms. The smallest absolute Gasteiger partial charge is 0.0227 e. The third-order valence-electron chi connectivity index (χ3n) is 1.34. The van der Waals surface area contributed by atoms with Gasteiger partial charge in [-0.05, 0) is 19.7 Å². The molecule has 0 fully saturated rings. The first-order valence-corrected chi connectivity index (χ1v) is 3.47. The molecule has 62 valence electrons. The maximum Gasteiger partial charge on any atom is 0.0227 e. The fourth-order valence-electron chi connectivity index (χ4n) is 0.949. The Morgan fingerprint density at radius 2 is 1.64 bits per heavy atom. The van der Waals surface area contributed by atoms with Crippen molar-refractivity contribution in [3.8, 4) is 0 Å². The molecule has 1 nitrogen and oxygen atoms in total. The van der Waals surface area contributed by atoms with Crippen LogP contribution in [0.2, 0.25) is 0 Å². The van der Waals surface area contributed by atoms with Gasteiger partial charge in [0.05, 0.1) is 0 Å². The van der Waals surface area contributed by atoms with Crippen molar-refractivity contribution in [1.29, 1.82) is 0 Å². The van der Waals surface area contributed by atoms with Crippen molar-refractivity contribution in [3.05, 3.63) is 35.9 Å². The molecule has 0 aliphatic heterocycles. The van der Waals surface area contributed by atoms with Gasteiger partial charge in [0.15, 0.2) is 0 Å². The molecule has 0 aliphatic rings. The van der Waals surface area contributed by atoms with Crippen molar-refractivity contribution < 1.29 is 4.70 Å². The molecule has 0 saturated heterocycles. The zero-order valence-electron chi connectivity index (χ0n) is 6.95. The van der Waals surface area contributed by atoms with Gasteiger partial charge in [-0.1, -0.05) is 30.3 Å². The standard InChI is InChI=1S/C9H13N.FH/c1-10(2)8-9-6-4-3-5-7-9;/h3-7H,8H2,1-2H3;1H. The zero-order chi connectivity index (χ0) is 7.40. The zero-order valence-corrected chi connectivity index (χ0v) is 6.95. The molecule has 1 aromatic carbocycles. The van der Waals surface area contributed by atoms with E-state index in [4.69, 9.17) is 0 Å². The van der Waals surface area contributed by atoms with Crippen LogP contribution in [0.15, 0.2) is 30.3 Å². The van der Waals surface area contributed by atoms with Crippen LogP contribution in [0.3, 0.4) is 0 Å². The lowest BCUT2D eigenvalue weighted by molar-refractivity contribution is 0.402. The van der Waals surface area contributed by atoms with Crippen LogP contribution in [-0.2, 0) is 6.54 Å². The molecule has 0 aromatic heterocycles. The summed E-state index contributed by atoms with van der Waals surface area (Å²) in [6.07, 6.45) is 0. The van der Waals surface area contributed by atoms with Crippen LogP contribution in [0.5, 0.6) is 0 Å². The molecule has 0 saturated carbocycles. The topological polar surface area (TPSA) is 3.24 Å². The summed E-state index contributed by atoms with van der Waals surface area (Å²) in [6, 6.07) is 10.5. The third-order valence-corrected chi connectivity index (χ3v) is 1.34. The maximum absolute atomic E-state index is 2.16. The fraction of sp³-hybridized carbons (Fsp3) is 0.333. The van der Waals surface area contributed by atoms with Crippen LogP contribution in [0.25, 0.3) is 0 Å². The Hall–Kier alpha value is -0.890. The van der Waals surface area contributed by atoms with Crippen molar-refractivity contribution in [2.24, 2.45) is 0 Å². The Kier molecular flexibility index (Phi) is 4.46. The monoisotopic (exact) mass is 155 g/mol. The quantitative estimate of drug-likeness (QED) is 0.630. The molecule has 1 aromatic rings. The number of benzene rings is 1. The Labute approximate surface area is 67.0 Å². The molecule has 0 bridgehead atoms. The van der Waals surface area contributed by atoms with E-state index >= 15 is 0 Å². The SMILES string of the molecule is CN(C)Cc1ccccc1.F. The predicted molar refractivity (Wildman–Crippen MR) is 46.3 cm³/mol. The van der Waals surface area contributed by atoms with Gasteiger partial charge in [-0.2, -0.15) is 0 Å². The molecule has 0 aliphatic carbocycles. The van der Waals surface area contributed by atoms with Crippen LogP contribution in [0.4, 0.5) is 4.70 Å². The van der Waals surface area contributed by atoms with Crippen LogP contribution < -0.4 is 0 Å². The van der Waals surface area contributed by atoms with Crippen molar-refractivity contribution in [3.63, 3.8) is 0 Å². The summed E-state index contributed by atoms with van der Waals surface area (Å²) in [5, 5.41) is 0. The molecular formula is C9H14FN. The number of rotatable bonds is 2. The average Bonchev–Trinajstić information content (AvgIpc) is 1.88. The summed E-state index contributed by atoms with van der Waals surface area (Å²) in [5.74, 6) is 0. The lowest BCUT2D eigenvalue weighted by Gasteiger charge is -2.08. The lowest BCUT2D eigenvalue weighted by Crippen LogP contribution is -2.10. The second-order valence-corrected chi connectivity index (χ2v) is 2.72. The second kappa shape index (κ2) is 4.85. The minimum atomic E-state index is 0. The van der Waals surface area contributed by atoms with E-state index < -0.39 is 0 Å². The molecule has 0 amide bonds. The minimum absolute atomic E-state index is 0. The summed E-state index contributed by atoms with van der Waals surface area (Å²) in [5.41, 5.74) is 1.37. The van der Waals surface area contributed by atoms with Crippen molar-refractivity contribution in [2.75, 3.05) is 14.1 Å². The van der Waals surface area contributed by atoms with E-state index in [-0.39, 0.29) is 4.70 Å². The Balaban J connectivity index is 0.000001000. The number of nitrogens with zero attached hydrogens (tertiary/aromatic N) is 1. The van der Waals surface area contributed by atoms with E-state index in [9.17, 15) is 0 Å². The molecule has 0 atom stereocenters. The molecular weight excluding hydrogens is 141 g/mol. The first-order chi connectivity index (χ1) is 4.79. The fourth-order valence-corrected chi connectivity index (χ4v) is 0.949. The highest BCUT2D eigenvalue weighted by atomic mass is 19.0. The third kappa shape index (κ3) is 3.73. The summed E-state index contributed by atoms with van der Waals surface area (Å²) in [4.78, 5) is 2.16. The highest BCUT2D eigenvalue weighted by molar-refractivity contribution is 5.14. The highest BCUT2D eigenvalue weighted by Crippen LogP contribution is 1.99. The molecule has 11 heavy (non-hydrogen) atoms. The van der Waals surface area contributed by atoms with Gasteiger partial charge in [-0.3, -0.25) is 4.70 Å². The Morgan fingerprint density at radius 3 is 2.09 bits per heavy atom. The van der Waals surface area contributed by atoms with Crippen LogP contribution >= 0.6 is 0 Å².